The summed E-state index contributed by atoms with van der Waals surface area (Å²) in [7, 11) is 0. The van der Waals surface area contributed by atoms with E-state index in [1.54, 1.807) is 0 Å². The Kier molecular flexibility index (Phi) is 35.3. The SMILES string of the molecule is CCCCCCCC/C=C/CCCCCCCCCCCC(=O)OC[C@@H](CO[C@H]1O[C@@H](CO)[C@@H](O)C(O)C1O)OC(=O)CCCCCCCCCCCCCC. The van der Waals surface area contributed by atoms with Crippen molar-refractivity contribution in [2.75, 3.05) is 19.8 Å². The maximum Gasteiger partial charge on any atom is 0.306 e. The highest BCUT2D eigenvalue weighted by molar-refractivity contribution is 5.70. The first-order valence-electron chi connectivity index (χ1n) is 23.3. The lowest BCUT2D eigenvalue weighted by Gasteiger charge is -2.39. The Morgan fingerprint density at radius 1 is 0.536 bits per heavy atom. The molecule has 6 atom stereocenters. The van der Waals surface area contributed by atoms with Crippen molar-refractivity contribution in [2.45, 2.75) is 250 Å². The Balaban J connectivity index is 2.28. The summed E-state index contributed by atoms with van der Waals surface area (Å²) in [6.07, 6.45) is 32.2. The summed E-state index contributed by atoms with van der Waals surface area (Å²) in [6, 6.07) is 0. The summed E-state index contributed by atoms with van der Waals surface area (Å²) in [6.45, 7) is 3.43. The molecule has 0 saturated carbocycles. The fraction of sp³-hybridized carbons (Fsp3) is 0.913. The monoisotopic (exact) mass is 799 g/mol. The number of rotatable bonds is 39. The third-order valence-electron chi connectivity index (χ3n) is 10.9. The van der Waals surface area contributed by atoms with Crippen molar-refractivity contribution >= 4 is 11.9 Å². The molecule has 0 amide bonds. The minimum Gasteiger partial charge on any atom is -0.462 e. The highest BCUT2D eigenvalue weighted by atomic mass is 16.7. The van der Waals surface area contributed by atoms with E-state index in [4.69, 9.17) is 18.9 Å². The number of aliphatic hydroxyl groups is 4. The molecule has 1 aliphatic heterocycles. The molecular formula is C46H86O10. The van der Waals surface area contributed by atoms with E-state index in [0.29, 0.717) is 6.42 Å². The van der Waals surface area contributed by atoms with Gasteiger partial charge in [0.15, 0.2) is 12.4 Å². The van der Waals surface area contributed by atoms with Crippen LogP contribution in [0.3, 0.4) is 0 Å². The topological polar surface area (TPSA) is 152 Å². The number of carbonyl (C=O) groups is 2. The molecule has 0 spiro atoms. The lowest BCUT2D eigenvalue weighted by Crippen LogP contribution is -2.59. The summed E-state index contributed by atoms with van der Waals surface area (Å²) in [5.74, 6) is -0.799. The molecule has 0 aromatic rings. The van der Waals surface area contributed by atoms with E-state index < -0.39 is 49.4 Å². The molecule has 2 unspecified atom stereocenters. The van der Waals surface area contributed by atoms with E-state index in [2.05, 4.69) is 26.0 Å². The number of hydrogen-bond acceptors (Lipinski definition) is 10. The van der Waals surface area contributed by atoms with Gasteiger partial charge in [-0.15, -0.1) is 0 Å². The first-order valence-corrected chi connectivity index (χ1v) is 23.3. The average molecular weight is 799 g/mol. The summed E-state index contributed by atoms with van der Waals surface area (Å²) < 4.78 is 22.2. The number of hydrogen-bond donors (Lipinski definition) is 4. The Hall–Kier alpha value is -1.56. The number of allylic oxidation sites excluding steroid dienone is 2. The molecule has 1 fully saturated rings. The van der Waals surface area contributed by atoms with Crippen LogP contribution in [0.25, 0.3) is 0 Å². The van der Waals surface area contributed by atoms with Gasteiger partial charge in [-0.2, -0.15) is 0 Å². The smallest absolute Gasteiger partial charge is 0.306 e. The molecule has 10 heteroatoms. The van der Waals surface area contributed by atoms with Gasteiger partial charge in [-0.05, 0) is 38.5 Å². The molecule has 1 saturated heterocycles. The first kappa shape index (κ1) is 52.5. The van der Waals surface area contributed by atoms with Gasteiger partial charge in [-0.3, -0.25) is 9.59 Å². The Morgan fingerprint density at radius 3 is 1.39 bits per heavy atom. The molecule has 0 bridgehead atoms. The van der Waals surface area contributed by atoms with E-state index >= 15 is 0 Å². The van der Waals surface area contributed by atoms with Crippen LogP contribution in [0.2, 0.25) is 0 Å². The van der Waals surface area contributed by atoms with Gasteiger partial charge in [0, 0.05) is 12.8 Å². The number of aliphatic hydroxyl groups excluding tert-OH is 4. The molecule has 56 heavy (non-hydrogen) atoms. The van der Waals surface area contributed by atoms with Gasteiger partial charge < -0.3 is 39.4 Å². The molecule has 0 aromatic heterocycles. The van der Waals surface area contributed by atoms with E-state index in [1.807, 2.05) is 0 Å². The number of esters is 2. The second-order valence-corrected chi connectivity index (χ2v) is 16.2. The van der Waals surface area contributed by atoms with Crippen molar-refractivity contribution in [1.29, 1.82) is 0 Å². The first-order chi connectivity index (χ1) is 27.3. The lowest BCUT2D eigenvalue weighted by atomic mass is 9.99. The van der Waals surface area contributed by atoms with Crippen LogP contribution in [0, 0.1) is 0 Å². The van der Waals surface area contributed by atoms with E-state index in [1.165, 1.54) is 141 Å². The second kappa shape index (κ2) is 37.7. The lowest BCUT2D eigenvalue weighted by molar-refractivity contribution is -0.305. The van der Waals surface area contributed by atoms with E-state index in [9.17, 15) is 30.0 Å². The highest BCUT2D eigenvalue weighted by Crippen LogP contribution is 2.23. The number of unbranched alkanes of at least 4 members (excludes halogenated alkanes) is 26. The van der Waals surface area contributed by atoms with Crippen LogP contribution in [-0.2, 0) is 28.5 Å². The fourth-order valence-electron chi connectivity index (χ4n) is 7.18. The Bertz CT molecular complexity index is 928. The summed E-state index contributed by atoms with van der Waals surface area (Å²) in [5.41, 5.74) is 0. The third-order valence-corrected chi connectivity index (χ3v) is 10.9. The minimum atomic E-state index is -1.59. The third kappa shape index (κ3) is 28.8. The van der Waals surface area contributed by atoms with E-state index in [-0.39, 0.29) is 32.0 Å². The molecule has 1 rings (SSSR count). The highest BCUT2D eigenvalue weighted by Gasteiger charge is 2.44. The van der Waals surface area contributed by atoms with Crippen LogP contribution < -0.4 is 0 Å². The Labute approximate surface area is 341 Å². The number of ether oxygens (including phenoxy) is 4. The molecule has 1 aliphatic rings. The number of carbonyl (C=O) groups excluding carboxylic acids is 2. The maximum atomic E-state index is 12.7. The molecule has 1 heterocycles. The van der Waals surface area contributed by atoms with E-state index in [0.717, 1.165) is 38.5 Å². The van der Waals surface area contributed by atoms with Gasteiger partial charge >= 0.3 is 11.9 Å². The van der Waals surface area contributed by atoms with Crippen LogP contribution >= 0.6 is 0 Å². The largest absolute Gasteiger partial charge is 0.462 e. The molecular weight excluding hydrogens is 712 g/mol. The minimum absolute atomic E-state index is 0.213. The van der Waals surface area contributed by atoms with Gasteiger partial charge in [0.25, 0.3) is 0 Å². The maximum absolute atomic E-state index is 12.7. The van der Waals surface area contributed by atoms with Crippen molar-refractivity contribution in [1.82, 2.24) is 0 Å². The zero-order valence-corrected chi connectivity index (χ0v) is 35.9. The summed E-state index contributed by atoms with van der Waals surface area (Å²) in [4.78, 5) is 25.3. The molecule has 330 valence electrons. The Morgan fingerprint density at radius 2 is 0.946 bits per heavy atom. The average Bonchev–Trinajstić information content (AvgIpc) is 3.19. The van der Waals surface area contributed by atoms with Crippen molar-refractivity contribution in [3.63, 3.8) is 0 Å². The van der Waals surface area contributed by atoms with Gasteiger partial charge in [-0.1, -0.05) is 174 Å². The van der Waals surface area contributed by atoms with Gasteiger partial charge in [0.1, 0.15) is 31.0 Å². The molecule has 0 aliphatic carbocycles. The predicted molar refractivity (Wildman–Crippen MR) is 224 cm³/mol. The normalized spacial score (nSPS) is 20.4. The zero-order chi connectivity index (χ0) is 40.9. The summed E-state index contributed by atoms with van der Waals surface area (Å²) in [5, 5.41) is 40.1. The quantitative estimate of drug-likeness (QED) is 0.0269. The van der Waals surface area contributed by atoms with Crippen LogP contribution in [0.1, 0.15) is 213 Å². The van der Waals surface area contributed by atoms with Gasteiger partial charge in [0.05, 0.1) is 13.2 Å². The predicted octanol–water partition coefficient (Wildman–Crippen LogP) is 9.95. The standard InChI is InChI=1S/C46H86O10/c1-3-5-7-9-11-13-15-17-18-19-20-21-22-23-25-26-28-30-32-34-41(48)53-37-39(38-54-46-45(52)44(51)43(50)40(36-47)56-46)55-42(49)35-33-31-29-27-24-16-14-12-10-8-6-4-2/h17-18,39-40,43-47,50-52H,3-16,19-38H2,1-2H3/b18-17+/t39-,40-,43+,44?,45?,46-/m0/s1. The van der Waals surface area contributed by atoms with Gasteiger partial charge in [-0.25, -0.2) is 0 Å². The molecule has 10 nitrogen and oxygen atoms in total. The zero-order valence-electron chi connectivity index (χ0n) is 35.9. The molecule has 4 N–H and O–H groups in total. The molecule has 0 aromatic carbocycles. The summed E-state index contributed by atoms with van der Waals surface area (Å²) >= 11 is 0. The van der Waals surface area contributed by atoms with Crippen molar-refractivity contribution < 1.29 is 49.0 Å². The van der Waals surface area contributed by atoms with Crippen LogP contribution in [-0.4, -0.2) is 89.0 Å². The second-order valence-electron chi connectivity index (χ2n) is 16.2. The fourth-order valence-corrected chi connectivity index (χ4v) is 7.18. The van der Waals surface area contributed by atoms with Crippen LogP contribution in [0.4, 0.5) is 0 Å². The van der Waals surface area contributed by atoms with Crippen molar-refractivity contribution in [3.05, 3.63) is 12.2 Å². The van der Waals surface area contributed by atoms with Crippen molar-refractivity contribution in [2.24, 2.45) is 0 Å². The van der Waals surface area contributed by atoms with Crippen molar-refractivity contribution in [3.8, 4) is 0 Å². The van der Waals surface area contributed by atoms with Gasteiger partial charge in [0.2, 0.25) is 0 Å². The van der Waals surface area contributed by atoms with Crippen LogP contribution in [0.15, 0.2) is 12.2 Å². The van der Waals surface area contributed by atoms with Crippen LogP contribution in [0.5, 0.6) is 0 Å². The molecule has 0 radical (unpaired) electrons.